The summed E-state index contributed by atoms with van der Waals surface area (Å²) in [7, 11) is -4.20. The fourth-order valence-electron chi connectivity index (χ4n) is 4.83. The first-order chi connectivity index (χ1) is 20.6. The van der Waals surface area contributed by atoms with Gasteiger partial charge in [-0.2, -0.15) is 0 Å². The number of nitrogens with zero attached hydrogens (tertiary/aromatic N) is 2. The first-order valence-electron chi connectivity index (χ1n) is 14.1. The lowest BCUT2D eigenvalue weighted by atomic mass is 10.0. The molecule has 0 aliphatic carbocycles. The number of likely N-dealkylation sites (N-methyl/N-ethyl adjacent to an activating group) is 1. The molecule has 4 rings (SSSR count). The van der Waals surface area contributed by atoms with Crippen molar-refractivity contribution in [1.82, 2.24) is 10.2 Å². The van der Waals surface area contributed by atoms with Crippen LogP contribution in [0.5, 0.6) is 0 Å². The molecule has 4 aromatic rings. The van der Waals surface area contributed by atoms with Crippen LogP contribution in [0.15, 0.2) is 108 Å². The second-order valence-electron chi connectivity index (χ2n) is 10.4. The van der Waals surface area contributed by atoms with Crippen molar-refractivity contribution in [2.75, 3.05) is 17.4 Å². The number of hydrogen-bond acceptors (Lipinski definition) is 4. The summed E-state index contributed by atoms with van der Waals surface area (Å²) in [6.07, 6.45) is 0.256. The Bertz CT molecular complexity index is 1650. The van der Waals surface area contributed by atoms with E-state index in [1.165, 1.54) is 17.0 Å². The molecule has 1 atom stereocenters. The minimum atomic E-state index is -4.20. The van der Waals surface area contributed by atoms with Crippen molar-refractivity contribution in [2.24, 2.45) is 0 Å². The van der Waals surface area contributed by atoms with Gasteiger partial charge in [-0.3, -0.25) is 13.9 Å². The van der Waals surface area contributed by atoms with E-state index in [9.17, 15) is 18.0 Å². The second-order valence-corrected chi connectivity index (χ2v) is 12.7. The molecule has 0 saturated heterocycles. The minimum Gasteiger partial charge on any atom is -0.355 e. The first kappa shape index (κ1) is 31.8. The molecule has 0 unspecified atom stereocenters. The van der Waals surface area contributed by atoms with Crippen molar-refractivity contribution in [1.29, 1.82) is 0 Å². The van der Waals surface area contributed by atoms with Crippen LogP contribution < -0.4 is 9.62 Å². The van der Waals surface area contributed by atoms with E-state index in [1.54, 1.807) is 37.3 Å². The van der Waals surface area contributed by atoms with Crippen molar-refractivity contribution in [3.63, 3.8) is 0 Å². The number of benzene rings is 4. The van der Waals surface area contributed by atoms with E-state index in [2.05, 4.69) is 5.32 Å². The van der Waals surface area contributed by atoms with Crippen LogP contribution >= 0.6 is 11.6 Å². The highest BCUT2D eigenvalue weighted by Crippen LogP contribution is 2.30. The molecule has 0 saturated carbocycles. The van der Waals surface area contributed by atoms with Crippen LogP contribution in [-0.4, -0.2) is 44.3 Å². The van der Waals surface area contributed by atoms with Crippen molar-refractivity contribution >= 4 is 39.1 Å². The second kappa shape index (κ2) is 14.4. The maximum atomic E-state index is 14.4. The lowest BCUT2D eigenvalue weighted by Gasteiger charge is -2.34. The molecule has 0 radical (unpaired) electrons. The van der Waals surface area contributed by atoms with Gasteiger partial charge < -0.3 is 10.2 Å². The van der Waals surface area contributed by atoms with E-state index < -0.39 is 28.5 Å². The van der Waals surface area contributed by atoms with Crippen LogP contribution in [0.4, 0.5) is 5.69 Å². The molecular weight excluding hydrogens is 582 g/mol. The monoisotopic (exact) mass is 617 g/mol. The highest BCUT2D eigenvalue weighted by molar-refractivity contribution is 7.92. The van der Waals surface area contributed by atoms with E-state index in [0.717, 1.165) is 21.0 Å². The molecule has 9 heteroatoms. The summed E-state index contributed by atoms with van der Waals surface area (Å²) in [4.78, 5) is 29.5. The van der Waals surface area contributed by atoms with Crippen LogP contribution in [0.1, 0.15) is 29.2 Å². The molecule has 7 nitrogen and oxygen atoms in total. The third kappa shape index (κ3) is 8.03. The SMILES string of the molecule is CCNC(=O)[C@@H](Cc1ccccc1)N(Cc1ccccc1)C(=O)CN(c1cc(Cl)ccc1C)S(=O)(=O)c1ccc(C)cc1. The number of carbonyl (C=O) groups excluding carboxylic acids is 2. The number of amides is 2. The zero-order valence-corrected chi connectivity index (χ0v) is 26.1. The lowest BCUT2D eigenvalue weighted by molar-refractivity contribution is -0.140. The number of hydrogen-bond donors (Lipinski definition) is 1. The largest absolute Gasteiger partial charge is 0.355 e. The van der Waals surface area contributed by atoms with Crippen LogP contribution in [0, 0.1) is 13.8 Å². The van der Waals surface area contributed by atoms with Crippen molar-refractivity contribution in [3.05, 3.63) is 130 Å². The van der Waals surface area contributed by atoms with Gasteiger partial charge in [0.1, 0.15) is 12.6 Å². The standard InChI is InChI=1S/C34H36ClN3O4S/c1-4-36-34(40)32(21-27-11-7-5-8-12-27)37(23-28-13-9-6-10-14-28)33(39)24-38(31-22-29(35)18-17-26(31)3)43(41,42)30-19-15-25(2)16-20-30/h5-20,22,32H,4,21,23-24H2,1-3H3,(H,36,40)/t32-/m1/s1. The molecule has 0 aliphatic rings. The zero-order valence-electron chi connectivity index (χ0n) is 24.5. The van der Waals surface area contributed by atoms with Gasteiger partial charge in [0.15, 0.2) is 0 Å². The van der Waals surface area contributed by atoms with Gasteiger partial charge in [-0.05, 0) is 61.7 Å². The Morgan fingerprint density at radius 2 is 1.44 bits per heavy atom. The van der Waals surface area contributed by atoms with Crippen molar-refractivity contribution in [2.45, 2.75) is 44.7 Å². The summed E-state index contributed by atoms with van der Waals surface area (Å²) in [5.41, 5.74) is 3.51. The Morgan fingerprint density at radius 1 is 0.837 bits per heavy atom. The normalized spacial score (nSPS) is 11.9. The van der Waals surface area contributed by atoms with E-state index >= 15 is 0 Å². The molecule has 0 aliphatic heterocycles. The van der Waals surface area contributed by atoms with Gasteiger partial charge in [-0.25, -0.2) is 8.42 Å². The number of aryl methyl sites for hydroxylation is 2. The molecule has 1 N–H and O–H groups in total. The Labute approximate surface area is 259 Å². The molecular formula is C34H36ClN3O4S. The highest BCUT2D eigenvalue weighted by Gasteiger charge is 2.35. The van der Waals surface area contributed by atoms with Gasteiger partial charge in [0, 0.05) is 24.5 Å². The van der Waals surface area contributed by atoms with Gasteiger partial charge in [0.25, 0.3) is 10.0 Å². The third-order valence-electron chi connectivity index (χ3n) is 7.15. The summed E-state index contributed by atoms with van der Waals surface area (Å²) < 4.78 is 29.4. The fraction of sp³-hybridized carbons (Fsp3) is 0.235. The topological polar surface area (TPSA) is 86.8 Å². The number of halogens is 1. The summed E-state index contributed by atoms with van der Waals surface area (Å²) in [6, 6.07) is 29.3. The molecule has 0 spiro atoms. The van der Waals surface area contributed by atoms with Crippen LogP contribution in [0.25, 0.3) is 0 Å². The number of nitrogens with one attached hydrogen (secondary N) is 1. The van der Waals surface area contributed by atoms with E-state index in [1.807, 2.05) is 74.5 Å². The quantitative estimate of drug-likeness (QED) is 0.214. The predicted molar refractivity (Wildman–Crippen MR) is 172 cm³/mol. The third-order valence-corrected chi connectivity index (χ3v) is 9.15. The molecule has 0 heterocycles. The Hall–Kier alpha value is -4.14. The van der Waals surface area contributed by atoms with Gasteiger partial charge in [0.2, 0.25) is 11.8 Å². The number of rotatable bonds is 12. The van der Waals surface area contributed by atoms with Crippen LogP contribution in [0.2, 0.25) is 5.02 Å². The molecule has 0 aromatic heterocycles. The maximum absolute atomic E-state index is 14.4. The Kier molecular flexibility index (Phi) is 10.6. The molecule has 224 valence electrons. The molecule has 4 aromatic carbocycles. The van der Waals surface area contributed by atoms with Crippen LogP contribution in [0.3, 0.4) is 0 Å². The van der Waals surface area contributed by atoms with Gasteiger partial charge in [0.05, 0.1) is 10.6 Å². The lowest BCUT2D eigenvalue weighted by Crippen LogP contribution is -2.53. The smallest absolute Gasteiger partial charge is 0.264 e. The fourth-order valence-corrected chi connectivity index (χ4v) is 6.47. The predicted octanol–water partition coefficient (Wildman–Crippen LogP) is 5.93. The van der Waals surface area contributed by atoms with Gasteiger partial charge >= 0.3 is 0 Å². The first-order valence-corrected chi connectivity index (χ1v) is 15.9. The summed E-state index contributed by atoms with van der Waals surface area (Å²) in [5.74, 6) is -0.839. The summed E-state index contributed by atoms with van der Waals surface area (Å²) >= 11 is 6.33. The van der Waals surface area contributed by atoms with E-state index in [0.29, 0.717) is 22.8 Å². The average Bonchev–Trinajstić information content (AvgIpc) is 3.00. The molecule has 43 heavy (non-hydrogen) atoms. The maximum Gasteiger partial charge on any atom is 0.264 e. The summed E-state index contributed by atoms with van der Waals surface area (Å²) in [6.45, 7) is 5.42. The Morgan fingerprint density at radius 3 is 2.05 bits per heavy atom. The number of sulfonamides is 1. The highest BCUT2D eigenvalue weighted by atomic mass is 35.5. The molecule has 0 bridgehead atoms. The summed E-state index contributed by atoms with van der Waals surface area (Å²) in [5, 5.41) is 3.20. The van der Waals surface area contributed by atoms with Crippen molar-refractivity contribution in [3.8, 4) is 0 Å². The molecule has 0 fully saturated rings. The number of carbonyl (C=O) groups is 2. The zero-order chi connectivity index (χ0) is 31.0. The van der Waals surface area contributed by atoms with Crippen molar-refractivity contribution < 1.29 is 18.0 Å². The van der Waals surface area contributed by atoms with E-state index in [-0.39, 0.29) is 23.8 Å². The van der Waals surface area contributed by atoms with Crippen LogP contribution in [-0.2, 0) is 32.6 Å². The number of anilines is 1. The molecule has 2 amide bonds. The van der Waals surface area contributed by atoms with Gasteiger partial charge in [-0.15, -0.1) is 0 Å². The minimum absolute atomic E-state index is 0.0458. The van der Waals surface area contributed by atoms with E-state index in [4.69, 9.17) is 11.6 Å². The van der Waals surface area contributed by atoms with Gasteiger partial charge in [-0.1, -0.05) is 96.0 Å². The average molecular weight is 618 g/mol. The Balaban J connectivity index is 1.81.